The van der Waals surface area contributed by atoms with E-state index in [2.05, 4.69) is 10.2 Å². The minimum Gasteiger partial charge on any atom is -0.497 e. The molecule has 0 fully saturated rings. The highest BCUT2D eigenvalue weighted by Gasteiger charge is 2.26. The molecule has 3 aromatic heterocycles. The largest absolute Gasteiger partial charge is 0.497 e. The Balaban J connectivity index is 1.27. The summed E-state index contributed by atoms with van der Waals surface area (Å²) in [7, 11) is 6.20. The van der Waals surface area contributed by atoms with Crippen molar-refractivity contribution in [2.24, 2.45) is 0 Å². The lowest BCUT2D eigenvalue weighted by molar-refractivity contribution is 0.415. The third-order valence-corrected chi connectivity index (χ3v) is 9.80. The van der Waals surface area contributed by atoms with Crippen molar-refractivity contribution in [3.8, 4) is 57.3 Å². The van der Waals surface area contributed by atoms with E-state index in [4.69, 9.17) is 23.4 Å². The maximum Gasteiger partial charge on any atom is 0.250 e. The van der Waals surface area contributed by atoms with Crippen LogP contribution in [0.25, 0.3) is 77.9 Å². The highest BCUT2D eigenvalue weighted by atomic mass is 19.2. The number of nitrogens with zero attached hydrogens (tertiary/aromatic N) is 4. The molecule has 0 saturated heterocycles. The number of hydrogen-bond acceptors (Lipinski definition) is 7. The minimum atomic E-state index is -1.16. The Bertz CT molecular complexity index is 2680. The molecule has 0 aliphatic heterocycles. The van der Waals surface area contributed by atoms with E-state index in [-0.39, 0.29) is 34.3 Å². The Morgan fingerprint density at radius 1 is 0.418 bits per heavy atom. The summed E-state index contributed by atoms with van der Waals surface area (Å²) in [6.45, 7) is 0. The first-order chi connectivity index (χ1) is 26.7. The summed E-state index contributed by atoms with van der Waals surface area (Å²) in [5.41, 5.74) is 3.00. The number of rotatable bonds is 8. The van der Waals surface area contributed by atoms with Gasteiger partial charge in [0.1, 0.15) is 23.0 Å². The lowest BCUT2D eigenvalue weighted by Gasteiger charge is -2.13. The molecular formula is C42H28F4N4O5. The van der Waals surface area contributed by atoms with E-state index < -0.39 is 23.3 Å². The van der Waals surface area contributed by atoms with Gasteiger partial charge in [-0.2, -0.15) is 0 Å². The topological polar surface area (TPSA) is 85.7 Å². The summed E-state index contributed by atoms with van der Waals surface area (Å²) in [5, 5.41) is 11.5. The quantitative estimate of drug-likeness (QED) is 0.143. The van der Waals surface area contributed by atoms with Gasteiger partial charge >= 0.3 is 0 Å². The van der Waals surface area contributed by atoms with Crippen LogP contribution in [0.2, 0.25) is 0 Å². The highest BCUT2D eigenvalue weighted by Crippen LogP contribution is 2.42. The standard InChI is InChI=1S/C42H28F4N4O5/c1-51-21-5-9-35-25(13-21)26-14-22(52-2)6-10-36(26)49(35)39-19-33(45)31(43)17-29(39)41-47-48-42(55-41)30-18-32(44)34(46)20-40(30)50-37-11-7-23(53-3)15-27(37)28-16-24(54-4)8-12-38(28)50/h5-20H,1-4H3. The summed E-state index contributed by atoms with van der Waals surface area (Å²) in [5.74, 6) is -2.59. The molecule has 3 heterocycles. The van der Waals surface area contributed by atoms with Gasteiger partial charge < -0.3 is 32.5 Å². The predicted octanol–water partition coefficient (Wildman–Crippen LogP) is 10.2. The van der Waals surface area contributed by atoms with E-state index in [0.29, 0.717) is 45.1 Å². The molecule has 9 aromatic rings. The molecule has 0 N–H and O–H groups in total. The van der Waals surface area contributed by atoms with Gasteiger partial charge in [0, 0.05) is 33.7 Å². The fourth-order valence-electron chi connectivity index (χ4n) is 7.22. The second kappa shape index (κ2) is 12.8. The molecule has 0 unspecified atom stereocenters. The molecule has 55 heavy (non-hydrogen) atoms. The van der Waals surface area contributed by atoms with Gasteiger partial charge in [-0.05, 0) is 84.9 Å². The number of fused-ring (bicyclic) bond motifs is 6. The van der Waals surface area contributed by atoms with Crippen molar-refractivity contribution in [3.05, 3.63) is 120 Å². The molecule has 0 aliphatic carbocycles. The minimum absolute atomic E-state index is 0.0447. The van der Waals surface area contributed by atoms with Crippen molar-refractivity contribution < 1.29 is 40.9 Å². The molecule has 0 bridgehead atoms. The van der Waals surface area contributed by atoms with Crippen LogP contribution in [0.5, 0.6) is 23.0 Å². The summed E-state index contributed by atoms with van der Waals surface area (Å²) in [4.78, 5) is 0. The number of halogens is 4. The Labute approximate surface area is 309 Å². The second-order valence-corrected chi connectivity index (χ2v) is 12.7. The van der Waals surface area contributed by atoms with Crippen LogP contribution in [0.4, 0.5) is 17.6 Å². The van der Waals surface area contributed by atoms with Gasteiger partial charge in [0.2, 0.25) is 11.8 Å². The first-order valence-electron chi connectivity index (χ1n) is 16.9. The average molecular weight is 745 g/mol. The molecule has 0 atom stereocenters. The Kier molecular flexibility index (Phi) is 7.88. The molecule has 274 valence electrons. The normalized spacial score (nSPS) is 11.6. The second-order valence-electron chi connectivity index (χ2n) is 12.7. The zero-order valence-electron chi connectivity index (χ0n) is 29.6. The number of aromatic nitrogens is 4. The van der Waals surface area contributed by atoms with E-state index in [1.807, 2.05) is 24.3 Å². The molecular weight excluding hydrogens is 716 g/mol. The summed E-state index contributed by atoms with van der Waals surface area (Å²) in [6.07, 6.45) is 0. The molecule has 9 nitrogen and oxygen atoms in total. The lowest BCUT2D eigenvalue weighted by atomic mass is 10.1. The SMILES string of the molecule is COc1ccc2c(c1)c1cc(OC)ccc1n2-c1cc(F)c(F)cc1-c1nnc(-c2cc(F)c(F)cc2-n2c3ccc(OC)cc3c3cc(OC)ccc32)o1. The van der Waals surface area contributed by atoms with Gasteiger partial charge in [0.15, 0.2) is 23.3 Å². The first-order valence-corrected chi connectivity index (χ1v) is 16.9. The van der Waals surface area contributed by atoms with Gasteiger partial charge in [0.05, 0.1) is 73.0 Å². The fraction of sp³-hybridized carbons (Fsp3) is 0.0952. The number of ether oxygens (including phenoxy) is 4. The van der Waals surface area contributed by atoms with Crippen LogP contribution in [0, 0.1) is 23.3 Å². The van der Waals surface area contributed by atoms with E-state index in [0.717, 1.165) is 45.8 Å². The van der Waals surface area contributed by atoms with Gasteiger partial charge in [-0.3, -0.25) is 0 Å². The molecule has 13 heteroatoms. The monoisotopic (exact) mass is 744 g/mol. The van der Waals surface area contributed by atoms with Crippen LogP contribution in [0.15, 0.2) is 101 Å². The average Bonchev–Trinajstić information content (AvgIpc) is 3.91. The zero-order valence-corrected chi connectivity index (χ0v) is 29.6. The van der Waals surface area contributed by atoms with Crippen LogP contribution < -0.4 is 18.9 Å². The number of benzene rings is 6. The Morgan fingerprint density at radius 3 is 1.00 bits per heavy atom. The molecule has 6 aromatic carbocycles. The number of methoxy groups -OCH3 is 4. The third-order valence-electron chi connectivity index (χ3n) is 9.80. The Hall–Kier alpha value is -7.02. The van der Waals surface area contributed by atoms with Gasteiger partial charge in [0.25, 0.3) is 0 Å². The maximum absolute atomic E-state index is 15.2. The van der Waals surface area contributed by atoms with Crippen molar-refractivity contribution in [2.75, 3.05) is 28.4 Å². The van der Waals surface area contributed by atoms with Crippen LogP contribution in [0.3, 0.4) is 0 Å². The predicted molar refractivity (Wildman–Crippen MR) is 200 cm³/mol. The molecule has 0 amide bonds. The van der Waals surface area contributed by atoms with E-state index in [9.17, 15) is 0 Å². The fourth-order valence-corrected chi connectivity index (χ4v) is 7.22. The van der Waals surface area contributed by atoms with Crippen molar-refractivity contribution in [1.29, 1.82) is 0 Å². The van der Waals surface area contributed by atoms with Crippen molar-refractivity contribution in [1.82, 2.24) is 19.3 Å². The molecule has 0 radical (unpaired) electrons. The third kappa shape index (κ3) is 5.30. The van der Waals surface area contributed by atoms with Crippen LogP contribution in [0.1, 0.15) is 0 Å². The van der Waals surface area contributed by atoms with E-state index >= 15 is 17.6 Å². The van der Waals surface area contributed by atoms with Gasteiger partial charge in [-0.15, -0.1) is 10.2 Å². The van der Waals surface area contributed by atoms with Gasteiger partial charge in [-0.25, -0.2) is 17.6 Å². The van der Waals surface area contributed by atoms with Crippen molar-refractivity contribution in [2.45, 2.75) is 0 Å². The summed E-state index contributed by atoms with van der Waals surface area (Å²) >= 11 is 0. The summed E-state index contributed by atoms with van der Waals surface area (Å²) in [6, 6.07) is 25.6. The molecule has 0 aliphatic rings. The summed E-state index contributed by atoms with van der Waals surface area (Å²) < 4.78 is 92.5. The van der Waals surface area contributed by atoms with Crippen LogP contribution >= 0.6 is 0 Å². The van der Waals surface area contributed by atoms with Gasteiger partial charge in [-0.1, -0.05) is 0 Å². The first kappa shape index (κ1) is 33.8. The van der Waals surface area contributed by atoms with E-state index in [1.165, 1.54) is 0 Å². The van der Waals surface area contributed by atoms with Crippen LogP contribution in [-0.4, -0.2) is 47.8 Å². The highest BCUT2D eigenvalue weighted by molar-refractivity contribution is 6.11. The van der Waals surface area contributed by atoms with E-state index in [1.54, 1.807) is 86.1 Å². The lowest BCUT2D eigenvalue weighted by Crippen LogP contribution is -2.01. The Morgan fingerprint density at radius 2 is 0.709 bits per heavy atom. The zero-order chi connectivity index (χ0) is 38.1. The van der Waals surface area contributed by atoms with Crippen molar-refractivity contribution in [3.63, 3.8) is 0 Å². The molecule has 0 saturated carbocycles. The molecule has 0 spiro atoms. The van der Waals surface area contributed by atoms with Crippen LogP contribution in [-0.2, 0) is 0 Å². The maximum atomic E-state index is 15.2. The smallest absolute Gasteiger partial charge is 0.250 e. The van der Waals surface area contributed by atoms with Crippen molar-refractivity contribution >= 4 is 43.6 Å². The molecule has 9 rings (SSSR count). The number of hydrogen-bond donors (Lipinski definition) is 0.